The highest BCUT2D eigenvalue weighted by molar-refractivity contribution is 6.00. The molecule has 2 N–H and O–H groups in total. The predicted octanol–water partition coefficient (Wildman–Crippen LogP) is 3.06. The van der Waals surface area contributed by atoms with E-state index >= 15 is 0 Å². The van der Waals surface area contributed by atoms with E-state index in [1.54, 1.807) is 4.90 Å². The molecule has 1 aliphatic heterocycles. The summed E-state index contributed by atoms with van der Waals surface area (Å²) in [6, 6.07) is 15.4. The molecule has 0 aliphatic carbocycles. The van der Waals surface area contributed by atoms with Crippen molar-refractivity contribution in [2.75, 3.05) is 18.0 Å². The first-order valence-electron chi connectivity index (χ1n) is 10.4. The lowest BCUT2D eigenvalue weighted by atomic mass is 9.95. The van der Waals surface area contributed by atoms with E-state index in [1.807, 2.05) is 69.3 Å². The number of ether oxygens (including phenoxy) is 1. The molecule has 7 heteroatoms. The van der Waals surface area contributed by atoms with E-state index in [9.17, 15) is 14.4 Å². The van der Waals surface area contributed by atoms with Crippen molar-refractivity contribution in [1.29, 1.82) is 0 Å². The predicted molar refractivity (Wildman–Crippen MR) is 117 cm³/mol. The molecule has 2 atom stereocenters. The summed E-state index contributed by atoms with van der Waals surface area (Å²) in [5.41, 5.74) is 3.56. The molecule has 7 nitrogen and oxygen atoms in total. The SMILES string of the molecule is Cc1ccccc1C1OC(CC(=O)NCC(=O)O)C(=O)N(CC(C)C)c2ccccc21. The summed E-state index contributed by atoms with van der Waals surface area (Å²) in [5.74, 6) is -1.79. The number of hydrogen-bond acceptors (Lipinski definition) is 4. The monoisotopic (exact) mass is 424 g/mol. The van der Waals surface area contributed by atoms with Crippen molar-refractivity contribution >= 4 is 23.5 Å². The van der Waals surface area contributed by atoms with Crippen LogP contribution in [0.2, 0.25) is 0 Å². The molecule has 3 rings (SSSR count). The molecule has 2 amide bonds. The van der Waals surface area contributed by atoms with Crippen molar-refractivity contribution in [2.24, 2.45) is 5.92 Å². The number of benzene rings is 2. The van der Waals surface area contributed by atoms with E-state index in [4.69, 9.17) is 9.84 Å². The Morgan fingerprint density at radius 1 is 1.10 bits per heavy atom. The summed E-state index contributed by atoms with van der Waals surface area (Å²) in [6.45, 7) is 6.00. The number of amides is 2. The van der Waals surface area contributed by atoms with E-state index < -0.39 is 30.6 Å². The number of aryl methyl sites for hydroxylation is 1. The molecule has 0 aromatic heterocycles. The quantitative estimate of drug-likeness (QED) is 0.712. The van der Waals surface area contributed by atoms with Crippen molar-refractivity contribution in [3.63, 3.8) is 0 Å². The molecule has 2 aromatic rings. The lowest BCUT2D eigenvalue weighted by Gasteiger charge is -2.26. The Bertz CT molecular complexity index is 972. The molecule has 1 aliphatic rings. The summed E-state index contributed by atoms with van der Waals surface area (Å²) in [5, 5.41) is 11.1. The Kier molecular flexibility index (Phi) is 7.07. The molecule has 31 heavy (non-hydrogen) atoms. The number of carbonyl (C=O) groups excluding carboxylic acids is 2. The van der Waals surface area contributed by atoms with Gasteiger partial charge in [-0.3, -0.25) is 14.4 Å². The zero-order valence-electron chi connectivity index (χ0n) is 18.0. The Balaban J connectivity index is 2.04. The first-order valence-corrected chi connectivity index (χ1v) is 10.4. The highest BCUT2D eigenvalue weighted by Crippen LogP contribution is 2.39. The number of fused-ring (bicyclic) bond motifs is 1. The summed E-state index contributed by atoms with van der Waals surface area (Å²) >= 11 is 0. The molecule has 164 valence electrons. The summed E-state index contributed by atoms with van der Waals surface area (Å²) in [4.78, 5) is 38.3. The molecular weight excluding hydrogens is 396 g/mol. The van der Waals surface area contributed by atoms with Crippen molar-refractivity contribution in [2.45, 2.75) is 39.4 Å². The maximum atomic E-state index is 13.5. The van der Waals surface area contributed by atoms with Crippen LogP contribution in [0.1, 0.15) is 43.1 Å². The number of nitrogens with zero attached hydrogens (tertiary/aromatic N) is 1. The van der Waals surface area contributed by atoms with E-state index in [0.717, 1.165) is 22.4 Å². The second kappa shape index (κ2) is 9.75. The van der Waals surface area contributed by atoms with E-state index in [2.05, 4.69) is 5.32 Å². The molecule has 0 radical (unpaired) electrons. The standard InChI is InChI=1S/C24H28N2O5/c1-15(2)14-26-19-11-7-6-10-18(19)23(17-9-5-4-8-16(17)3)31-20(24(26)30)12-21(27)25-13-22(28)29/h4-11,15,20,23H,12-14H2,1-3H3,(H,25,27)(H,28,29). The van der Waals surface area contributed by atoms with Crippen LogP contribution in [-0.4, -0.2) is 42.1 Å². The molecule has 0 spiro atoms. The molecule has 1 heterocycles. The normalized spacial score (nSPS) is 18.5. The summed E-state index contributed by atoms with van der Waals surface area (Å²) in [6.07, 6.45) is -1.82. The smallest absolute Gasteiger partial charge is 0.322 e. The zero-order chi connectivity index (χ0) is 22.5. The minimum absolute atomic E-state index is 0.202. The van der Waals surface area contributed by atoms with Crippen LogP contribution >= 0.6 is 0 Å². The van der Waals surface area contributed by atoms with Crippen LogP contribution in [0.5, 0.6) is 0 Å². The second-order valence-corrected chi connectivity index (χ2v) is 8.14. The van der Waals surface area contributed by atoms with Crippen molar-refractivity contribution in [1.82, 2.24) is 5.32 Å². The Hall–Kier alpha value is -3.19. The lowest BCUT2D eigenvalue weighted by Crippen LogP contribution is -2.44. The van der Waals surface area contributed by atoms with Gasteiger partial charge in [-0.05, 0) is 30.0 Å². The largest absolute Gasteiger partial charge is 0.480 e. The minimum atomic E-state index is -1.15. The van der Waals surface area contributed by atoms with Gasteiger partial charge in [0.05, 0.1) is 6.42 Å². The second-order valence-electron chi connectivity index (χ2n) is 8.14. The van der Waals surface area contributed by atoms with E-state index in [-0.39, 0.29) is 18.2 Å². The van der Waals surface area contributed by atoms with Crippen LogP contribution in [0.3, 0.4) is 0 Å². The molecule has 2 unspecified atom stereocenters. The first kappa shape index (κ1) is 22.5. The Morgan fingerprint density at radius 2 is 1.74 bits per heavy atom. The van der Waals surface area contributed by atoms with Crippen molar-refractivity contribution < 1.29 is 24.2 Å². The van der Waals surface area contributed by atoms with Gasteiger partial charge >= 0.3 is 5.97 Å². The number of carbonyl (C=O) groups is 3. The molecule has 0 saturated carbocycles. The Morgan fingerprint density at radius 3 is 2.39 bits per heavy atom. The number of hydrogen-bond donors (Lipinski definition) is 2. The van der Waals surface area contributed by atoms with Gasteiger partial charge in [0.2, 0.25) is 5.91 Å². The van der Waals surface area contributed by atoms with Gasteiger partial charge in [0.1, 0.15) is 18.8 Å². The highest BCUT2D eigenvalue weighted by Gasteiger charge is 2.38. The van der Waals surface area contributed by atoms with Gasteiger partial charge in [-0.15, -0.1) is 0 Å². The van der Waals surface area contributed by atoms with Crippen LogP contribution < -0.4 is 10.2 Å². The highest BCUT2D eigenvalue weighted by atomic mass is 16.5. The van der Waals surface area contributed by atoms with E-state index in [0.29, 0.717) is 6.54 Å². The van der Waals surface area contributed by atoms with Crippen LogP contribution in [-0.2, 0) is 19.1 Å². The average Bonchev–Trinajstić information content (AvgIpc) is 2.83. The average molecular weight is 424 g/mol. The first-order chi connectivity index (χ1) is 14.8. The third kappa shape index (κ3) is 5.30. The van der Waals surface area contributed by atoms with Crippen LogP contribution in [0.25, 0.3) is 0 Å². The molecule has 0 saturated heterocycles. The fourth-order valence-corrected chi connectivity index (χ4v) is 3.77. The maximum absolute atomic E-state index is 13.5. The van der Waals surface area contributed by atoms with Crippen LogP contribution in [0.15, 0.2) is 48.5 Å². The van der Waals surface area contributed by atoms with E-state index in [1.165, 1.54) is 0 Å². The fourth-order valence-electron chi connectivity index (χ4n) is 3.77. The van der Waals surface area contributed by atoms with Gasteiger partial charge in [0, 0.05) is 17.8 Å². The van der Waals surface area contributed by atoms with Crippen LogP contribution in [0.4, 0.5) is 5.69 Å². The number of rotatable bonds is 7. The fraction of sp³-hybridized carbons (Fsp3) is 0.375. The van der Waals surface area contributed by atoms with Crippen molar-refractivity contribution in [3.8, 4) is 0 Å². The minimum Gasteiger partial charge on any atom is -0.480 e. The third-order valence-electron chi connectivity index (χ3n) is 5.18. The maximum Gasteiger partial charge on any atom is 0.322 e. The summed E-state index contributed by atoms with van der Waals surface area (Å²) in [7, 11) is 0. The Labute approximate surface area is 182 Å². The lowest BCUT2D eigenvalue weighted by molar-refractivity contribution is -0.140. The summed E-state index contributed by atoms with van der Waals surface area (Å²) < 4.78 is 6.31. The van der Waals surface area contributed by atoms with Gasteiger partial charge in [-0.25, -0.2) is 0 Å². The number of aliphatic carboxylic acids is 1. The van der Waals surface area contributed by atoms with Crippen LogP contribution in [0, 0.1) is 12.8 Å². The molecule has 0 fully saturated rings. The zero-order valence-corrected chi connectivity index (χ0v) is 18.0. The number of nitrogens with one attached hydrogen (secondary N) is 1. The van der Waals surface area contributed by atoms with Gasteiger partial charge in [0.15, 0.2) is 0 Å². The number of anilines is 1. The number of carboxylic acid groups (broad SMARTS) is 1. The van der Waals surface area contributed by atoms with Crippen molar-refractivity contribution in [3.05, 3.63) is 65.2 Å². The van der Waals surface area contributed by atoms with Gasteiger partial charge in [-0.2, -0.15) is 0 Å². The topological polar surface area (TPSA) is 95.9 Å². The molecular formula is C24H28N2O5. The number of carboxylic acids is 1. The van der Waals surface area contributed by atoms with Gasteiger partial charge in [0.25, 0.3) is 5.91 Å². The third-order valence-corrected chi connectivity index (χ3v) is 5.18. The van der Waals surface area contributed by atoms with Gasteiger partial charge in [-0.1, -0.05) is 56.3 Å². The number of para-hydroxylation sites is 1. The molecule has 2 aromatic carbocycles. The molecule has 0 bridgehead atoms. The van der Waals surface area contributed by atoms with Gasteiger partial charge < -0.3 is 20.1 Å².